The zero-order valence-corrected chi connectivity index (χ0v) is 8.00. The Morgan fingerprint density at radius 3 is 2.62 bits per heavy atom. The van der Waals surface area contributed by atoms with E-state index in [9.17, 15) is 8.42 Å². The van der Waals surface area contributed by atoms with Crippen LogP contribution in [0.2, 0.25) is 0 Å². The topological polar surface area (TPSA) is 85.1 Å². The number of hydrogen-bond acceptors (Lipinski definition) is 4. The second-order valence-corrected chi connectivity index (χ2v) is 4.28. The van der Waals surface area contributed by atoms with E-state index in [2.05, 4.69) is 9.71 Å². The van der Waals surface area contributed by atoms with Gasteiger partial charge < -0.3 is 5.73 Å². The molecule has 0 aliphatic rings. The molecule has 0 saturated heterocycles. The molecule has 0 aliphatic heterocycles. The highest BCUT2D eigenvalue weighted by atomic mass is 32.2. The average Bonchev–Trinajstić information content (AvgIpc) is 2.18. The number of nitrogens with zero attached hydrogens (tertiary/aromatic N) is 1. The Kier molecular flexibility index (Phi) is 2.97. The molecule has 1 aromatic rings. The molecule has 6 heteroatoms. The molecule has 1 aromatic heterocycles. The van der Waals surface area contributed by atoms with Gasteiger partial charge in [0, 0.05) is 12.7 Å². The van der Waals surface area contributed by atoms with E-state index in [1.54, 1.807) is 6.07 Å². The minimum absolute atomic E-state index is 0.146. The van der Waals surface area contributed by atoms with Gasteiger partial charge in [-0.2, -0.15) is 0 Å². The third kappa shape index (κ3) is 2.24. The Labute approximate surface area is 77.0 Å². The molecule has 0 saturated carbocycles. The number of rotatable bonds is 3. The molecule has 1 heterocycles. The molecule has 0 atom stereocenters. The minimum atomic E-state index is -3.38. The van der Waals surface area contributed by atoms with Crippen LogP contribution in [0.4, 0.5) is 0 Å². The number of aromatic nitrogens is 1. The Balaban J connectivity index is 3.06. The van der Waals surface area contributed by atoms with Gasteiger partial charge in [0.2, 0.25) is 10.0 Å². The standard InChI is InChI=1S/C7H11N3O2S/c1-9-13(11,12)7-3-2-6(4-8)10-5-7/h2-3,5,9H,4,8H2,1H3. The summed E-state index contributed by atoms with van der Waals surface area (Å²) in [5.41, 5.74) is 5.98. The summed E-state index contributed by atoms with van der Waals surface area (Å²) in [5, 5.41) is 0. The maximum absolute atomic E-state index is 11.2. The summed E-state index contributed by atoms with van der Waals surface area (Å²) in [6.45, 7) is 0.305. The second-order valence-electron chi connectivity index (χ2n) is 2.40. The fourth-order valence-corrected chi connectivity index (χ4v) is 1.48. The molecular weight excluding hydrogens is 190 g/mol. The van der Waals surface area contributed by atoms with Gasteiger partial charge in [0.25, 0.3) is 0 Å². The van der Waals surface area contributed by atoms with Crippen LogP contribution in [-0.4, -0.2) is 20.4 Å². The van der Waals surface area contributed by atoms with Gasteiger partial charge in [-0.15, -0.1) is 0 Å². The summed E-state index contributed by atoms with van der Waals surface area (Å²) < 4.78 is 24.6. The van der Waals surface area contributed by atoms with Crippen LogP contribution in [0.3, 0.4) is 0 Å². The Morgan fingerprint density at radius 2 is 2.23 bits per heavy atom. The lowest BCUT2D eigenvalue weighted by Crippen LogP contribution is -2.18. The van der Waals surface area contributed by atoms with E-state index < -0.39 is 10.0 Å². The first-order valence-electron chi connectivity index (χ1n) is 3.68. The molecule has 0 fully saturated rings. The first-order chi connectivity index (χ1) is 6.10. The van der Waals surface area contributed by atoms with Gasteiger partial charge >= 0.3 is 0 Å². The molecule has 1 rings (SSSR count). The molecule has 0 aromatic carbocycles. The Hall–Kier alpha value is -0.980. The van der Waals surface area contributed by atoms with Crippen molar-refractivity contribution in [1.29, 1.82) is 0 Å². The van der Waals surface area contributed by atoms with Gasteiger partial charge in [-0.05, 0) is 19.2 Å². The molecule has 13 heavy (non-hydrogen) atoms. The molecule has 72 valence electrons. The Morgan fingerprint density at radius 1 is 1.54 bits per heavy atom. The summed E-state index contributed by atoms with van der Waals surface area (Å²) in [6.07, 6.45) is 1.29. The monoisotopic (exact) mass is 201 g/mol. The number of hydrogen-bond donors (Lipinski definition) is 2. The largest absolute Gasteiger partial charge is 0.325 e. The third-order valence-corrected chi connectivity index (χ3v) is 2.99. The van der Waals surface area contributed by atoms with E-state index >= 15 is 0 Å². The number of nitrogens with two attached hydrogens (primary N) is 1. The van der Waals surface area contributed by atoms with E-state index in [1.807, 2.05) is 0 Å². The van der Waals surface area contributed by atoms with Crippen molar-refractivity contribution in [3.05, 3.63) is 24.0 Å². The predicted octanol–water partition coefficient (Wildman–Crippen LogP) is -0.552. The highest BCUT2D eigenvalue weighted by molar-refractivity contribution is 7.89. The van der Waals surface area contributed by atoms with Gasteiger partial charge in [0.15, 0.2) is 0 Å². The van der Waals surface area contributed by atoms with Crippen LogP contribution in [0.25, 0.3) is 0 Å². The fraction of sp³-hybridized carbons (Fsp3) is 0.286. The maximum atomic E-state index is 11.2. The van der Waals surface area contributed by atoms with Crippen molar-refractivity contribution >= 4 is 10.0 Å². The van der Waals surface area contributed by atoms with Crippen LogP contribution in [0.1, 0.15) is 5.69 Å². The normalized spacial score (nSPS) is 11.5. The van der Waals surface area contributed by atoms with E-state index in [0.717, 1.165) is 0 Å². The van der Waals surface area contributed by atoms with E-state index in [0.29, 0.717) is 12.2 Å². The summed E-state index contributed by atoms with van der Waals surface area (Å²) >= 11 is 0. The SMILES string of the molecule is CNS(=O)(=O)c1ccc(CN)nc1. The summed E-state index contributed by atoms with van der Waals surface area (Å²) in [5.74, 6) is 0. The van der Waals surface area contributed by atoms with Crippen molar-refractivity contribution in [1.82, 2.24) is 9.71 Å². The van der Waals surface area contributed by atoms with E-state index in [1.165, 1.54) is 19.3 Å². The smallest absolute Gasteiger partial charge is 0.241 e. The zero-order chi connectivity index (χ0) is 9.90. The first kappa shape index (κ1) is 10.1. The van der Waals surface area contributed by atoms with Crippen LogP contribution < -0.4 is 10.5 Å². The number of sulfonamides is 1. The van der Waals surface area contributed by atoms with Crippen LogP contribution in [0.5, 0.6) is 0 Å². The molecule has 3 N–H and O–H groups in total. The van der Waals surface area contributed by atoms with Gasteiger partial charge in [-0.25, -0.2) is 13.1 Å². The minimum Gasteiger partial charge on any atom is -0.325 e. The highest BCUT2D eigenvalue weighted by Gasteiger charge is 2.10. The summed E-state index contributed by atoms with van der Waals surface area (Å²) in [6, 6.07) is 3.06. The lowest BCUT2D eigenvalue weighted by molar-refractivity contribution is 0.587. The molecule has 0 aliphatic carbocycles. The second kappa shape index (κ2) is 3.82. The van der Waals surface area contributed by atoms with Gasteiger partial charge in [-0.1, -0.05) is 0 Å². The molecule has 5 nitrogen and oxygen atoms in total. The predicted molar refractivity (Wildman–Crippen MR) is 48.4 cm³/mol. The molecular formula is C7H11N3O2S. The van der Waals surface area contributed by atoms with Crippen molar-refractivity contribution in [2.45, 2.75) is 11.4 Å². The molecule has 0 radical (unpaired) electrons. The molecule has 0 unspecified atom stereocenters. The van der Waals surface area contributed by atoms with Gasteiger partial charge in [0.1, 0.15) is 4.90 Å². The molecule has 0 amide bonds. The van der Waals surface area contributed by atoms with Crippen LogP contribution in [-0.2, 0) is 16.6 Å². The fourth-order valence-electron chi connectivity index (χ4n) is 0.808. The average molecular weight is 201 g/mol. The van der Waals surface area contributed by atoms with E-state index in [-0.39, 0.29) is 4.90 Å². The Bertz CT molecular complexity index is 371. The van der Waals surface area contributed by atoms with Gasteiger partial charge in [-0.3, -0.25) is 4.98 Å². The molecule has 0 bridgehead atoms. The van der Waals surface area contributed by atoms with Crippen LogP contribution >= 0.6 is 0 Å². The van der Waals surface area contributed by atoms with Crippen molar-refractivity contribution in [3.8, 4) is 0 Å². The zero-order valence-electron chi connectivity index (χ0n) is 7.19. The summed E-state index contributed by atoms with van der Waals surface area (Å²) in [7, 11) is -2.02. The lowest BCUT2D eigenvalue weighted by Gasteiger charge is -2.01. The van der Waals surface area contributed by atoms with Crippen LogP contribution in [0.15, 0.2) is 23.2 Å². The van der Waals surface area contributed by atoms with E-state index in [4.69, 9.17) is 5.73 Å². The van der Waals surface area contributed by atoms with Crippen molar-refractivity contribution in [2.75, 3.05) is 7.05 Å². The maximum Gasteiger partial charge on any atom is 0.241 e. The van der Waals surface area contributed by atoms with Crippen LogP contribution in [0, 0.1) is 0 Å². The van der Waals surface area contributed by atoms with Crippen molar-refractivity contribution in [3.63, 3.8) is 0 Å². The first-order valence-corrected chi connectivity index (χ1v) is 5.17. The third-order valence-electron chi connectivity index (χ3n) is 1.59. The summed E-state index contributed by atoms with van der Waals surface area (Å²) in [4.78, 5) is 4.01. The lowest BCUT2D eigenvalue weighted by atomic mass is 10.4. The van der Waals surface area contributed by atoms with Crippen molar-refractivity contribution < 1.29 is 8.42 Å². The molecule has 0 spiro atoms. The quantitative estimate of drug-likeness (QED) is 0.687. The van der Waals surface area contributed by atoms with Gasteiger partial charge in [0.05, 0.1) is 5.69 Å². The highest BCUT2D eigenvalue weighted by Crippen LogP contribution is 2.06. The van der Waals surface area contributed by atoms with Crippen molar-refractivity contribution in [2.24, 2.45) is 5.73 Å². The number of pyridine rings is 1. The number of nitrogens with one attached hydrogen (secondary N) is 1.